The molecule has 1 aromatic heterocycles. The summed E-state index contributed by atoms with van der Waals surface area (Å²) in [5.74, 6) is -0.149. The topological polar surface area (TPSA) is 15.8 Å². The first-order chi connectivity index (χ1) is 6.68. The first-order valence-corrected chi connectivity index (χ1v) is 4.92. The number of aryl methyl sites for hydroxylation is 2. The Hall–Kier alpha value is -1.31. The van der Waals surface area contributed by atoms with Crippen LogP contribution in [0, 0.1) is 19.7 Å². The van der Waals surface area contributed by atoms with Gasteiger partial charge >= 0.3 is 0 Å². The number of benzene rings is 1. The van der Waals surface area contributed by atoms with Crippen molar-refractivity contribution in [1.29, 1.82) is 0 Å². The Balaban J connectivity index is 0.000000461. The average molecular weight is 193 g/mol. The Morgan fingerprint density at radius 1 is 1.07 bits per heavy atom. The van der Waals surface area contributed by atoms with Gasteiger partial charge in [0.15, 0.2) is 0 Å². The van der Waals surface area contributed by atoms with Crippen molar-refractivity contribution in [3.05, 3.63) is 35.3 Å². The summed E-state index contributed by atoms with van der Waals surface area (Å²) in [5, 5.41) is 1.11. The van der Waals surface area contributed by atoms with Gasteiger partial charge in [0, 0.05) is 17.1 Å². The molecule has 0 aliphatic rings. The molecule has 0 fully saturated rings. The normalized spacial score (nSPS) is 9.79. The summed E-state index contributed by atoms with van der Waals surface area (Å²) in [6.07, 6.45) is 1.89. The van der Waals surface area contributed by atoms with Gasteiger partial charge in [-0.3, -0.25) is 0 Å². The van der Waals surface area contributed by atoms with Crippen molar-refractivity contribution in [2.75, 3.05) is 0 Å². The van der Waals surface area contributed by atoms with Gasteiger partial charge in [-0.2, -0.15) is 0 Å². The number of hydrogen-bond donors (Lipinski definition) is 1. The molecule has 0 bridgehead atoms. The molecule has 1 aromatic carbocycles. The molecule has 0 saturated carbocycles. The van der Waals surface area contributed by atoms with Crippen LogP contribution in [0.25, 0.3) is 10.9 Å². The lowest BCUT2D eigenvalue weighted by Gasteiger charge is -1.96. The molecule has 1 nitrogen and oxygen atoms in total. The van der Waals surface area contributed by atoms with E-state index in [4.69, 9.17) is 0 Å². The minimum absolute atomic E-state index is 0.149. The van der Waals surface area contributed by atoms with Gasteiger partial charge in [0.2, 0.25) is 0 Å². The highest BCUT2D eigenvalue weighted by atomic mass is 19.1. The zero-order valence-corrected chi connectivity index (χ0v) is 9.11. The molecule has 0 spiro atoms. The molecule has 0 aliphatic heterocycles. The fourth-order valence-corrected chi connectivity index (χ4v) is 1.39. The summed E-state index contributed by atoms with van der Waals surface area (Å²) in [5.41, 5.74) is 2.73. The van der Waals surface area contributed by atoms with Gasteiger partial charge in [-0.25, -0.2) is 4.39 Å². The van der Waals surface area contributed by atoms with Gasteiger partial charge in [-0.15, -0.1) is 0 Å². The van der Waals surface area contributed by atoms with E-state index in [1.165, 1.54) is 6.07 Å². The Morgan fingerprint density at radius 3 is 2.36 bits per heavy atom. The number of aromatic nitrogens is 1. The van der Waals surface area contributed by atoms with Crippen molar-refractivity contribution in [1.82, 2.24) is 4.98 Å². The molecule has 0 radical (unpaired) electrons. The zero-order chi connectivity index (χ0) is 10.7. The lowest BCUT2D eigenvalue weighted by molar-refractivity contribution is 0.620. The molecular formula is C12H16FN. The summed E-state index contributed by atoms with van der Waals surface area (Å²) < 4.78 is 13.0. The van der Waals surface area contributed by atoms with E-state index >= 15 is 0 Å². The SMILES string of the molecule is CC.Cc1cc2c(C)c[nH]c2cc1F. The Morgan fingerprint density at radius 2 is 1.71 bits per heavy atom. The van der Waals surface area contributed by atoms with Crippen LogP contribution in [0.5, 0.6) is 0 Å². The van der Waals surface area contributed by atoms with E-state index in [1.54, 1.807) is 6.92 Å². The third-order valence-electron chi connectivity index (χ3n) is 2.17. The van der Waals surface area contributed by atoms with Crippen LogP contribution in [0.3, 0.4) is 0 Å². The Kier molecular flexibility index (Phi) is 3.28. The number of hydrogen-bond acceptors (Lipinski definition) is 0. The molecule has 1 N–H and O–H groups in total. The van der Waals surface area contributed by atoms with E-state index in [2.05, 4.69) is 4.98 Å². The average Bonchev–Trinajstić information content (AvgIpc) is 2.53. The van der Waals surface area contributed by atoms with E-state index in [1.807, 2.05) is 33.0 Å². The van der Waals surface area contributed by atoms with Crippen LogP contribution in [0.15, 0.2) is 18.3 Å². The first-order valence-electron chi connectivity index (χ1n) is 4.92. The molecular weight excluding hydrogens is 177 g/mol. The molecule has 0 aliphatic carbocycles. The predicted molar refractivity (Wildman–Crippen MR) is 59.1 cm³/mol. The number of H-pyrrole nitrogens is 1. The summed E-state index contributed by atoms with van der Waals surface area (Å²) in [4.78, 5) is 3.02. The van der Waals surface area contributed by atoms with Crippen LogP contribution in [0.4, 0.5) is 4.39 Å². The van der Waals surface area contributed by atoms with Gasteiger partial charge in [-0.1, -0.05) is 13.8 Å². The van der Waals surface area contributed by atoms with E-state index in [0.29, 0.717) is 5.56 Å². The summed E-state index contributed by atoms with van der Waals surface area (Å²) in [6, 6.07) is 3.41. The third kappa shape index (κ3) is 1.79. The fraction of sp³-hybridized carbons (Fsp3) is 0.333. The molecule has 0 saturated heterocycles. The van der Waals surface area contributed by atoms with Gasteiger partial charge < -0.3 is 4.98 Å². The molecule has 2 rings (SSSR count). The molecule has 76 valence electrons. The highest BCUT2D eigenvalue weighted by Gasteiger charge is 2.03. The maximum atomic E-state index is 13.0. The molecule has 14 heavy (non-hydrogen) atoms. The number of rotatable bonds is 0. The standard InChI is InChI=1S/C10H10FN.C2H6/c1-6-3-8-7(2)5-12-10(8)4-9(6)11;1-2/h3-5,12H,1-2H3;1-2H3. The van der Waals surface area contributed by atoms with Crippen LogP contribution < -0.4 is 0 Å². The molecule has 2 aromatic rings. The van der Waals surface area contributed by atoms with Crippen molar-refractivity contribution < 1.29 is 4.39 Å². The van der Waals surface area contributed by atoms with Crippen LogP contribution in [0.2, 0.25) is 0 Å². The first kappa shape index (κ1) is 10.8. The van der Waals surface area contributed by atoms with Gasteiger partial charge in [0.25, 0.3) is 0 Å². The van der Waals surface area contributed by atoms with Crippen LogP contribution >= 0.6 is 0 Å². The Labute approximate surface area is 84.0 Å². The zero-order valence-electron chi connectivity index (χ0n) is 9.11. The quantitative estimate of drug-likeness (QED) is 0.652. The molecule has 0 amide bonds. The van der Waals surface area contributed by atoms with Crippen molar-refractivity contribution in [2.24, 2.45) is 0 Å². The third-order valence-corrected chi connectivity index (χ3v) is 2.17. The lowest BCUT2D eigenvalue weighted by atomic mass is 10.1. The second kappa shape index (κ2) is 4.27. The molecule has 0 unspecified atom stereocenters. The molecule has 1 heterocycles. The van der Waals surface area contributed by atoms with Crippen molar-refractivity contribution in [3.8, 4) is 0 Å². The van der Waals surface area contributed by atoms with Crippen molar-refractivity contribution >= 4 is 10.9 Å². The number of fused-ring (bicyclic) bond motifs is 1. The highest BCUT2D eigenvalue weighted by Crippen LogP contribution is 2.20. The van der Waals surface area contributed by atoms with E-state index < -0.39 is 0 Å². The summed E-state index contributed by atoms with van der Waals surface area (Å²) in [6.45, 7) is 7.79. The van der Waals surface area contributed by atoms with E-state index in [9.17, 15) is 4.39 Å². The van der Waals surface area contributed by atoms with E-state index in [0.717, 1.165) is 16.5 Å². The lowest BCUT2D eigenvalue weighted by Crippen LogP contribution is -1.81. The highest BCUT2D eigenvalue weighted by molar-refractivity contribution is 5.83. The van der Waals surface area contributed by atoms with Gasteiger partial charge in [0.1, 0.15) is 5.82 Å². The second-order valence-electron chi connectivity index (χ2n) is 3.12. The van der Waals surface area contributed by atoms with E-state index in [-0.39, 0.29) is 5.82 Å². The molecule has 0 atom stereocenters. The predicted octanol–water partition coefficient (Wildman–Crippen LogP) is 3.95. The Bertz CT molecular complexity index is 429. The minimum Gasteiger partial charge on any atom is -0.361 e. The second-order valence-corrected chi connectivity index (χ2v) is 3.12. The van der Waals surface area contributed by atoms with Crippen molar-refractivity contribution in [2.45, 2.75) is 27.7 Å². The smallest absolute Gasteiger partial charge is 0.128 e. The summed E-state index contributed by atoms with van der Waals surface area (Å²) in [7, 11) is 0. The monoisotopic (exact) mass is 193 g/mol. The molecule has 2 heteroatoms. The number of aromatic amines is 1. The van der Waals surface area contributed by atoms with Crippen LogP contribution in [-0.4, -0.2) is 4.98 Å². The largest absolute Gasteiger partial charge is 0.361 e. The minimum atomic E-state index is -0.149. The maximum Gasteiger partial charge on any atom is 0.128 e. The maximum absolute atomic E-state index is 13.0. The van der Waals surface area contributed by atoms with Gasteiger partial charge in [-0.05, 0) is 37.1 Å². The van der Waals surface area contributed by atoms with Gasteiger partial charge in [0.05, 0.1) is 0 Å². The number of nitrogens with one attached hydrogen (secondary N) is 1. The van der Waals surface area contributed by atoms with Crippen LogP contribution in [-0.2, 0) is 0 Å². The fourth-order valence-electron chi connectivity index (χ4n) is 1.39. The summed E-state index contributed by atoms with van der Waals surface area (Å²) >= 11 is 0. The number of halogens is 1. The van der Waals surface area contributed by atoms with Crippen LogP contribution in [0.1, 0.15) is 25.0 Å². The van der Waals surface area contributed by atoms with Crippen molar-refractivity contribution in [3.63, 3.8) is 0 Å².